The molecule has 8 heteroatoms. The molecule has 2 aromatic heterocycles. The second-order valence-corrected chi connectivity index (χ2v) is 6.14. The third kappa shape index (κ3) is 4.47. The fraction of sp³-hybridized carbons (Fsp3) is 0.190. The van der Waals surface area contributed by atoms with E-state index in [9.17, 15) is 14.9 Å². The molecule has 29 heavy (non-hydrogen) atoms. The lowest BCUT2D eigenvalue weighted by molar-refractivity contribution is -0.122. The molecule has 148 valence electrons. The van der Waals surface area contributed by atoms with E-state index in [0.29, 0.717) is 29.6 Å². The fourth-order valence-electron chi connectivity index (χ4n) is 2.81. The minimum atomic E-state index is -0.470. The van der Waals surface area contributed by atoms with Crippen molar-refractivity contribution in [2.75, 3.05) is 18.5 Å². The average molecular weight is 392 g/mol. The molecule has 0 bridgehead atoms. The number of rotatable bonds is 7. The van der Waals surface area contributed by atoms with Gasteiger partial charge < -0.3 is 19.8 Å². The standard InChI is InChI=1S/C21H20N4O4/c1-3-23-18(26)13-28-16-8-6-7-15(11-16)24-20(27)19-14(2)29-21(17(19)12-22)25-9-4-5-10-25/h4-11H,3,13H2,1-2H3,(H,23,26)(H,24,27). The maximum atomic E-state index is 12.8. The fourth-order valence-corrected chi connectivity index (χ4v) is 2.81. The SMILES string of the molecule is CCNC(=O)COc1cccc(NC(=O)c2c(C)oc(-n3cccc3)c2C#N)c1. The molecular formula is C21H20N4O4. The summed E-state index contributed by atoms with van der Waals surface area (Å²) >= 11 is 0. The van der Waals surface area contributed by atoms with Gasteiger partial charge in [0.15, 0.2) is 6.61 Å². The van der Waals surface area contributed by atoms with E-state index in [0.717, 1.165) is 0 Å². The van der Waals surface area contributed by atoms with Crippen LogP contribution < -0.4 is 15.4 Å². The Morgan fingerprint density at radius 2 is 2.00 bits per heavy atom. The van der Waals surface area contributed by atoms with Crippen LogP contribution in [0.15, 0.2) is 53.2 Å². The van der Waals surface area contributed by atoms with Gasteiger partial charge in [-0.1, -0.05) is 6.07 Å². The summed E-state index contributed by atoms with van der Waals surface area (Å²) in [5.74, 6) is 0.367. The number of likely N-dealkylation sites (N-methyl/N-ethyl adjacent to an activating group) is 1. The molecule has 2 heterocycles. The summed E-state index contributed by atoms with van der Waals surface area (Å²) in [6.45, 7) is 3.86. The third-order valence-electron chi connectivity index (χ3n) is 4.08. The number of hydrogen-bond donors (Lipinski definition) is 2. The molecule has 3 aromatic rings. The van der Waals surface area contributed by atoms with Crippen molar-refractivity contribution in [3.63, 3.8) is 0 Å². The van der Waals surface area contributed by atoms with Gasteiger partial charge in [0, 0.05) is 30.7 Å². The van der Waals surface area contributed by atoms with Crippen molar-refractivity contribution in [3.8, 4) is 17.7 Å². The van der Waals surface area contributed by atoms with Gasteiger partial charge in [-0.15, -0.1) is 0 Å². The molecule has 0 atom stereocenters. The molecule has 0 aliphatic heterocycles. The number of benzene rings is 1. The number of nitriles is 1. The highest BCUT2D eigenvalue weighted by molar-refractivity contribution is 6.07. The van der Waals surface area contributed by atoms with E-state index in [4.69, 9.17) is 9.15 Å². The van der Waals surface area contributed by atoms with Crippen molar-refractivity contribution in [1.29, 1.82) is 5.26 Å². The minimum absolute atomic E-state index is 0.120. The lowest BCUT2D eigenvalue weighted by Crippen LogP contribution is -2.28. The first kappa shape index (κ1) is 19.8. The molecule has 0 aliphatic carbocycles. The van der Waals surface area contributed by atoms with Crippen LogP contribution in [0.5, 0.6) is 5.75 Å². The van der Waals surface area contributed by atoms with E-state index in [2.05, 4.69) is 16.7 Å². The second kappa shape index (κ2) is 8.80. The van der Waals surface area contributed by atoms with Crippen molar-refractivity contribution >= 4 is 17.5 Å². The molecular weight excluding hydrogens is 372 g/mol. The Labute approximate surface area is 167 Å². The zero-order valence-electron chi connectivity index (χ0n) is 16.1. The third-order valence-corrected chi connectivity index (χ3v) is 4.08. The Kier molecular flexibility index (Phi) is 6.00. The van der Waals surface area contributed by atoms with Crippen molar-refractivity contribution in [2.24, 2.45) is 0 Å². The molecule has 8 nitrogen and oxygen atoms in total. The van der Waals surface area contributed by atoms with Crippen molar-refractivity contribution in [3.05, 3.63) is 65.7 Å². The molecule has 0 unspecified atom stereocenters. The van der Waals surface area contributed by atoms with Gasteiger partial charge in [0.05, 0.1) is 0 Å². The summed E-state index contributed by atoms with van der Waals surface area (Å²) in [5, 5.41) is 15.0. The first-order valence-electron chi connectivity index (χ1n) is 9.01. The molecule has 0 spiro atoms. The molecule has 2 N–H and O–H groups in total. The van der Waals surface area contributed by atoms with E-state index < -0.39 is 5.91 Å². The number of nitrogens with zero attached hydrogens (tertiary/aromatic N) is 2. The van der Waals surface area contributed by atoms with E-state index in [1.807, 2.05) is 6.92 Å². The van der Waals surface area contributed by atoms with Gasteiger partial charge in [-0.3, -0.25) is 14.2 Å². The summed E-state index contributed by atoms with van der Waals surface area (Å²) in [6, 6.07) is 12.3. The number of furan rings is 1. The van der Waals surface area contributed by atoms with Crippen LogP contribution in [0.4, 0.5) is 5.69 Å². The molecule has 0 fully saturated rings. The lowest BCUT2D eigenvalue weighted by atomic mass is 10.1. The number of carbonyl (C=O) groups is 2. The number of anilines is 1. The molecule has 0 saturated carbocycles. The molecule has 0 aliphatic rings. The van der Waals surface area contributed by atoms with Crippen LogP contribution in [0.25, 0.3) is 5.88 Å². The van der Waals surface area contributed by atoms with Gasteiger partial charge in [-0.05, 0) is 38.1 Å². The number of nitrogens with one attached hydrogen (secondary N) is 2. The average Bonchev–Trinajstić information content (AvgIpc) is 3.34. The van der Waals surface area contributed by atoms with Crippen LogP contribution in [-0.4, -0.2) is 29.5 Å². The number of aryl methyl sites for hydroxylation is 1. The molecule has 0 saturated heterocycles. The predicted molar refractivity (Wildman–Crippen MR) is 106 cm³/mol. The van der Waals surface area contributed by atoms with Gasteiger partial charge in [-0.25, -0.2) is 0 Å². The normalized spacial score (nSPS) is 10.2. The monoisotopic (exact) mass is 392 g/mol. The second-order valence-electron chi connectivity index (χ2n) is 6.14. The van der Waals surface area contributed by atoms with Gasteiger partial charge >= 0.3 is 0 Å². The maximum Gasteiger partial charge on any atom is 0.260 e. The summed E-state index contributed by atoms with van der Waals surface area (Å²) in [4.78, 5) is 24.3. The molecule has 2 amide bonds. The smallest absolute Gasteiger partial charge is 0.260 e. The van der Waals surface area contributed by atoms with Crippen LogP contribution >= 0.6 is 0 Å². The van der Waals surface area contributed by atoms with Crippen molar-refractivity contribution in [2.45, 2.75) is 13.8 Å². The number of carbonyl (C=O) groups excluding carboxylic acids is 2. The Morgan fingerprint density at radius 3 is 2.69 bits per heavy atom. The summed E-state index contributed by atoms with van der Waals surface area (Å²) in [6.07, 6.45) is 3.46. The van der Waals surface area contributed by atoms with Crippen LogP contribution in [0.2, 0.25) is 0 Å². The molecule has 3 rings (SSSR count). The maximum absolute atomic E-state index is 12.8. The number of aromatic nitrogens is 1. The first-order chi connectivity index (χ1) is 14.0. The zero-order chi connectivity index (χ0) is 20.8. The quantitative estimate of drug-likeness (QED) is 0.642. The largest absolute Gasteiger partial charge is 0.484 e. The highest BCUT2D eigenvalue weighted by atomic mass is 16.5. The van der Waals surface area contributed by atoms with E-state index in [1.165, 1.54) is 0 Å². The number of amides is 2. The highest BCUT2D eigenvalue weighted by Crippen LogP contribution is 2.27. The van der Waals surface area contributed by atoms with Crippen LogP contribution in [0, 0.1) is 18.3 Å². The first-order valence-corrected chi connectivity index (χ1v) is 9.01. The number of ether oxygens (including phenoxy) is 1. The van der Waals surface area contributed by atoms with E-state index in [1.54, 1.807) is 60.3 Å². The topological polar surface area (TPSA) is 109 Å². The van der Waals surface area contributed by atoms with Gasteiger partial charge in [-0.2, -0.15) is 5.26 Å². The molecule has 1 aromatic carbocycles. The van der Waals surface area contributed by atoms with E-state index in [-0.39, 0.29) is 23.6 Å². The molecule has 0 radical (unpaired) electrons. The summed E-state index contributed by atoms with van der Waals surface area (Å²) in [7, 11) is 0. The van der Waals surface area contributed by atoms with Crippen molar-refractivity contribution < 1.29 is 18.7 Å². The Balaban J connectivity index is 1.78. The minimum Gasteiger partial charge on any atom is -0.484 e. The Hall–Kier alpha value is -3.99. The van der Waals surface area contributed by atoms with Crippen LogP contribution in [-0.2, 0) is 4.79 Å². The van der Waals surface area contributed by atoms with Gasteiger partial charge in [0.2, 0.25) is 5.88 Å². The lowest BCUT2D eigenvalue weighted by Gasteiger charge is -2.09. The highest BCUT2D eigenvalue weighted by Gasteiger charge is 2.24. The predicted octanol–water partition coefficient (Wildman–Crippen LogP) is 3.02. The zero-order valence-corrected chi connectivity index (χ0v) is 16.1. The summed E-state index contributed by atoms with van der Waals surface area (Å²) < 4.78 is 12.7. The van der Waals surface area contributed by atoms with Crippen molar-refractivity contribution in [1.82, 2.24) is 9.88 Å². The summed E-state index contributed by atoms with van der Waals surface area (Å²) in [5.41, 5.74) is 0.792. The Morgan fingerprint density at radius 1 is 1.24 bits per heavy atom. The van der Waals surface area contributed by atoms with Crippen LogP contribution in [0.3, 0.4) is 0 Å². The Bertz CT molecular complexity index is 1060. The van der Waals surface area contributed by atoms with Gasteiger partial charge in [0.1, 0.15) is 28.7 Å². The number of hydrogen-bond acceptors (Lipinski definition) is 5. The van der Waals surface area contributed by atoms with Crippen LogP contribution in [0.1, 0.15) is 28.6 Å². The van der Waals surface area contributed by atoms with Gasteiger partial charge in [0.25, 0.3) is 11.8 Å². The van der Waals surface area contributed by atoms with E-state index >= 15 is 0 Å².